The lowest BCUT2D eigenvalue weighted by atomic mass is 10.0. The zero-order valence-corrected chi connectivity index (χ0v) is 22.7. The molecule has 2 heterocycles. The van der Waals surface area contributed by atoms with Crippen LogP contribution in [0.1, 0.15) is 45.6 Å². The van der Waals surface area contributed by atoms with Gasteiger partial charge in [-0.2, -0.15) is 0 Å². The minimum atomic E-state index is -1.15. The summed E-state index contributed by atoms with van der Waals surface area (Å²) in [5.74, 6) is -0.614. The molecule has 0 radical (unpaired) electrons. The molecule has 0 fully saturated rings. The van der Waals surface area contributed by atoms with Gasteiger partial charge in [0.1, 0.15) is 23.7 Å². The number of carbonyl (C=O) groups excluding carboxylic acids is 2. The summed E-state index contributed by atoms with van der Waals surface area (Å²) in [5.41, 5.74) is 2.36. The summed E-state index contributed by atoms with van der Waals surface area (Å²) in [4.78, 5) is 38.0. The lowest BCUT2D eigenvalue weighted by Gasteiger charge is -2.20. The van der Waals surface area contributed by atoms with Crippen LogP contribution in [0.4, 0.5) is 5.69 Å². The second-order valence-corrected chi connectivity index (χ2v) is 10.3. The molecule has 0 aliphatic carbocycles. The van der Waals surface area contributed by atoms with E-state index in [4.69, 9.17) is 23.2 Å². The van der Waals surface area contributed by atoms with E-state index in [0.29, 0.717) is 42.2 Å². The number of carboxylic acids is 1. The Labute approximate surface area is 240 Å². The number of hydrogen-bond donors (Lipinski definition) is 3. The lowest BCUT2D eigenvalue weighted by Crippen LogP contribution is -2.45. The molecular weight excluding hydrogens is 553 g/mol. The third-order valence-corrected chi connectivity index (χ3v) is 7.38. The maximum atomic E-state index is 13.3. The number of aryl methyl sites for hydroxylation is 1. The lowest BCUT2D eigenvalue weighted by molar-refractivity contribution is -0.142. The minimum Gasteiger partial charge on any atom is -0.480 e. The van der Waals surface area contributed by atoms with Crippen molar-refractivity contribution in [3.05, 3.63) is 111 Å². The Morgan fingerprint density at radius 1 is 0.925 bits per heavy atom. The second kappa shape index (κ2) is 11.9. The standard InChI is InChI=1S/C29H25Cl2N5O4/c30-20-7-4-8-21(31)26(20)28(38)32-19-11-9-18(10-12-19)15-22(29(39)40)33-27(37)23-13-14-24-34-35-25(36(23)24)16-17-5-2-1-3-6-17/h1-12,22-23H,13-16H2,(H,32,38)(H,33,37)(H,39,40)/t22-,23-/m0/s1. The summed E-state index contributed by atoms with van der Waals surface area (Å²) < 4.78 is 1.82. The maximum absolute atomic E-state index is 13.3. The Balaban J connectivity index is 1.24. The number of benzene rings is 3. The zero-order chi connectivity index (χ0) is 28.2. The number of rotatable bonds is 9. The molecule has 1 aliphatic rings. The zero-order valence-electron chi connectivity index (χ0n) is 21.2. The van der Waals surface area contributed by atoms with Crippen molar-refractivity contribution in [1.82, 2.24) is 20.1 Å². The topological polar surface area (TPSA) is 126 Å². The van der Waals surface area contributed by atoms with Crippen LogP contribution in [0.5, 0.6) is 0 Å². The molecule has 1 aliphatic heterocycles. The van der Waals surface area contributed by atoms with E-state index in [0.717, 1.165) is 5.56 Å². The van der Waals surface area contributed by atoms with E-state index < -0.39 is 24.0 Å². The summed E-state index contributed by atoms with van der Waals surface area (Å²) in [5, 5.41) is 24.3. The molecule has 3 N–H and O–H groups in total. The first kappa shape index (κ1) is 27.4. The van der Waals surface area contributed by atoms with Crippen molar-refractivity contribution in [1.29, 1.82) is 0 Å². The van der Waals surface area contributed by atoms with E-state index in [1.165, 1.54) is 0 Å². The van der Waals surface area contributed by atoms with Crippen molar-refractivity contribution in [3.8, 4) is 0 Å². The smallest absolute Gasteiger partial charge is 0.326 e. The normalized spacial score (nSPS) is 14.8. The Kier molecular flexibility index (Phi) is 8.14. The average Bonchev–Trinajstić information content (AvgIpc) is 3.53. The molecule has 3 aromatic carbocycles. The Bertz CT molecular complexity index is 1540. The molecule has 1 aromatic heterocycles. The molecule has 2 amide bonds. The molecule has 0 bridgehead atoms. The van der Waals surface area contributed by atoms with Crippen molar-refractivity contribution in [2.45, 2.75) is 37.8 Å². The third-order valence-electron chi connectivity index (χ3n) is 6.75. The average molecular weight is 578 g/mol. The first-order chi connectivity index (χ1) is 19.3. The molecule has 0 saturated carbocycles. The first-order valence-corrected chi connectivity index (χ1v) is 13.4. The largest absolute Gasteiger partial charge is 0.480 e. The quantitative estimate of drug-likeness (QED) is 0.264. The van der Waals surface area contributed by atoms with Crippen LogP contribution in [0.15, 0.2) is 72.8 Å². The second-order valence-electron chi connectivity index (χ2n) is 9.47. The van der Waals surface area contributed by atoms with E-state index in [1.54, 1.807) is 42.5 Å². The maximum Gasteiger partial charge on any atom is 0.326 e. The number of aliphatic carboxylic acids is 1. The number of carbonyl (C=O) groups is 3. The fraction of sp³-hybridized carbons (Fsp3) is 0.207. The highest BCUT2D eigenvalue weighted by molar-refractivity contribution is 6.40. The number of hydrogen-bond acceptors (Lipinski definition) is 5. The fourth-order valence-corrected chi connectivity index (χ4v) is 5.34. The summed E-state index contributed by atoms with van der Waals surface area (Å²) in [7, 11) is 0. The Hall–Kier alpha value is -4.21. The number of fused-ring (bicyclic) bond motifs is 1. The predicted molar refractivity (Wildman–Crippen MR) is 151 cm³/mol. The van der Waals surface area contributed by atoms with Gasteiger partial charge in [0.05, 0.1) is 15.6 Å². The van der Waals surface area contributed by atoms with Gasteiger partial charge in [-0.1, -0.05) is 71.7 Å². The van der Waals surface area contributed by atoms with Gasteiger partial charge >= 0.3 is 5.97 Å². The van der Waals surface area contributed by atoms with Crippen molar-refractivity contribution < 1.29 is 19.5 Å². The van der Waals surface area contributed by atoms with E-state index in [-0.39, 0.29) is 27.9 Å². The molecule has 204 valence electrons. The van der Waals surface area contributed by atoms with Gasteiger partial charge in [-0.3, -0.25) is 9.59 Å². The Morgan fingerprint density at radius 3 is 2.30 bits per heavy atom. The summed E-state index contributed by atoms with van der Waals surface area (Å²) in [6, 6.07) is 19.5. The predicted octanol–water partition coefficient (Wildman–Crippen LogP) is 4.73. The van der Waals surface area contributed by atoms with Gasteiger partial charge in [-0.05, 0) is 41.8 Å². The molecule has 9 nitrogen and oxygen atoms in total. The van der Waals surface area contributed by atoms with Crippen molar-refractivity contribution in [2.24, 2.45) is 0 Å². The number of anilines is 1. The number of nitrogens with zero attached hydrogens (tertiary/aromatic N) is 3. The summed E-state index contributed by atoms with van der Waals surface area (Å²) in [6.45, 7) is 0. The van der Waals surface area contributed by atoms with Crippen LogP contribution < -0.4 is 10.6 Å². The van der Waals surface area contributed by atoms with Crippen molar-refractivity contribution in [3.63, 3.8) is 0 Å². The third kappa shape index (κ3) is 6.00. The van der Waals surface area contributed by atoms with E-state index in [9.17, 15) is 19.5 Å². The van der Waals surface area contributed by atoms with Crippen LogP contribution in [-0.2, 0) is 28.9 Å². The fourth-order valence-electron chi connectivity index (χ4n) is 4.77. The highest BCUT2D eigenvalue weighted by Crippen LogP contribution is 2.28. The number of amides is 2. The molecule has 4 aromatic rings. The van der Waals surface area contributed by atoms with Crippen LogP contribution in [-0.4, -0.2) is 43.7 Å². The molecular formula is C29H25Cl2N5O4. The minimum absolute atomic E-state index is 0.0598. The Morgan fingerprint density at radius 2 is 1.62 bits per heavy atom. The monoisotopic (exact) mass is 577 g/mol. The van der Waals surface area contributed by atoms with Crippen LogP contribution >= 0.6 is 23.2 Å². The van der Waals surface area contributed by atoms with Gasteiger partial charge in [0.15, 0.2) is 0 Å². The molecule has 5 rings (SSSR count). The molecule has 40 heavy (non-hydrogen) atoms. The van der Waals surface area contributed by atoms with Gasteiger partial charge < -0.3 is 20.3 Å². The summed E-state index contributed by atoms with van der Waals surface area (Å²) in [6.07, 6.45) is 1.69. The van der Waals surface area contributed by atoms with Crippen LogP contribution in [0.25, 0.3) is 0 Å². The van der Waals surface area contributed by atoms with E-state index >= 15 is 0 Å². The molecule has 0 unspecified atom stereocenters. The van der Waals surface area contributed by atoms with E-state index in [1.807, 2.05) is 34.9 Å². The molecule has 2 atom stereocenters. The number of nitrogens with one attached hydrogen (secondary N) is 2. The number of carboxylic acid groups (broad SMARTS) is 1. The van der Waals surface area contributed by atoms with Gasteiger partial charge in [-0.15, -0.1) is 10.2 Å². The SMILES string of the molecule is O=C(Nc1ccc(C[C@H](NC(=O)[C@@H]2CCc3nnc(Cc4ccccc4)n32)C(=O)O)cc1)c1c(Cl)cccc1Cl. The summed E-state index contributed by atoms with van der Waals surface area (Å²) >= 11 is 12.2. The van der Waals surface area contributed by atoms with Gasteiger partial charge in [0.2, 0.25) is 5.91 Å². The number of aromatic nitrogens is 3. The van der Waals surface area contributed by atoms with Gasteiger partial charge in [0.25, 0.3) is 5.91 Å². The van der Waals surface area contributed by atoms with Crippen molar-refractivity contribution >= 4 is 46.7 Å². The highest BCUT2D eigenvalue weighted by Gasteiger charge is 2.34. The highest BCUT2D eigenvalue weighted by atomic mass is 35.5. The number of halogens is 2. The molecule has 0 saturated heterocycles. The van der Waals surface area contributed by atoms with E-state index in [2.05, 4.69) is 20.8 Å². The van der Waals surface area contributed by atoms with Crippen LogP contribution in [0.3, 0.4) is 0 Å². The van der Waals surface area contributed by atoms with Gasteiger partial charge in [0, 0.05) is 24.9 Å². The van der Waals surface area contributed by atoms with Gasteiger partial charge in [-0.25, -0.2) is 4.79 Å². The first-order valence-electron chi connectivity index (χ1n) is 12.6. The van der Waals surface area contributed by atoms with Crippen LogP contribution in [0, 0.1) is 0 Å². The van der Waals surface area contributed by atoms with Crippen molar-refractivity contribution in [2.75, 3.05) is 5.32 Å². The molecule has 11 heteroatoms. The van der Waals surface area contributed by atoms with Crippen LogP contribution in [0.2, 0.25) is 10.0 Å². The molecule has 0 spiro atoms.